The smallest absolute Gasteiger partial charge is 0.269 e. The largest absolute Gasteiger partial charge is 0.345 e. The number of rotatable bonds is 3. The fourth-order valence-electron chi connectivity index (χ4n) is 1.59. The lowest BCUT2D eigenvalue weighted by Gasteiger charge is -2.04. The summed E-state index contributed by atoms with van der Waals surface area (Å²) in [5, 5.41) is 6.93. The molecule has 1 amide bonds. The Morgan fingerprint density at radius 2 is 2.29 bits per heavy atom. The predicted octanol–water partition coefficient (Wildman–Crippen LogP) is 1.05. The number of hydrogen-bond acceptors (Lipinski definition) is 3. The highest BCUT2D eigenvalue weighted by molar-refractivity contribution is 5.92. The van der Waals surface area contributed by atoms with Crippen molar-refractivity contribution in [1.82, 2.24) is 20.1 Å². The van der Waals surface area contributed by atoms with Gasteiger partial charge in [0.1, 0.15) is 5.69 Å². The van der Waals surface area contributed by atoms with Crippen LogP contribution in [0.15, 0.2) is 30.5 Å². The van der Waals surface area contributed by atoms with Gasteiger partial charge in [0.05, 0.1) is 17.9 Å². The lowest BCUT2D eigenvalue weighted by Crippen LogP contribution is -2.25. The molecule has 2 heterocycles. The van der Waals surface area contributed by atoms with E-state index in [0.29, 0.717) is 12.2 Å². The number of hydrogen-bond donors (Lipinski definition) is 1. The second-order valence-corrected chi connectivity index (χ2v) is 3.80. The molecule has 0 unspecified atom stereocenters. The second kappa shape index (κ2) is 4.78. The molecule has 2 aromatic heterocycles. The highest BCUT2D eigenvalue weighted by Crippen LogP contribution is 2.02. The molecule has 0 bridgehead atoms. The van der Waals surface area contributed by atoms with Crippen molar-refractivity contribution in [2.24, 2.45) is 7.05 Å². The SMILES string of the molecule is Cc1cc(C(=O)NCc2ccccn2)n(C)n1. The van der Waals surface area contributed by atoms with Gasteiger partial charge in [-0.3, -0.25) is 14.5 Å². The summed E-state index contributed by atoms with van der Waals surface area (Å²) in [4.78, 5) is 16.0. The molecule has 0 saturated heterocycles. The molecule has 0 spiro atoms. The summed E-state index contributed by atoms with van der Waals surface area (Å²) >= 11 is 0. The van der Waals surface area contributed by atoms with Crippen LogP contribution in [0.3, 0.4) is 0 Å². The van der Waals surface area contributed by atoms with Gasteiger partial charge in [-0.25, -0.2) is 0 Å². The van der Waals surface area contributed by atoms with Crippen LogP contribution in [-0.2, 0) is 13.6 Å². The first-order valence-corrected chi connectivity index (χ1v) is 5.35. The molecule has 2 rings (SSSR count). The summed E-state index contributed by atoms with van der Waals surface area (Å²) < 4.78 is 1.57. The Morgan fingerprint density at radius 3 is 2.88 bits per heavy atom. The van der Waals surface area contributed by atoms with Crippen LogP contribution in [0.4, 0.5) is 0 Å². The molecular weight excluding hydrogens is 216 g/mol. The third-order valence-electron chi connectivity index (χ3n) is 2.39. The molecule has 5 nitrogen and oxygen atoms in total. The number of aryl methyl sites for hydroxylation is 2. The topological polar surface area (TPSA) is 59.8 Å². The van der Waals surface area contributed by atoms with E-state index in [-0.39, 0.29) is 5.91 Å². The van der Waals surface area contributed by atoms with Gasteiger partial charge in [-0.15, -0.1) is 0 Å². The van der Waals surface area contributed by atoms with Crippen LogP contribution in [0.5, 0.6) is 0 Å². The van der Waals surface area contributed by atoms with Crippen molar-refractivity contribution < 1.29 is 4.79 Å². The first kappa shape index (κ1) is 11.3. The van der Waals surface area contributed by atoms with Crippen LogP contribution < -0.4 is 5.32 Å². The third kappa shape index (κ3) is 2.69. The molecule has 0 aliphatic heterocycles. The van der Waals surface area contributed by atoms with Crippen LogP contribution in [0, 0.1) is 6.92 Å². The van der Waals surface area contributed by atoms with Crippen molar-refractivity contribution in [2.45, 2.75) is 13.5 Å². The maximum Gasteiger partial charge on any atom is 0.269 e. The average Bonchev–Trinajstić information content (AvgIpc) is 2.67. The minimum atomic E-state index is -0.140. The Morgan fingerprint density at radius 1 is 1.47 bits per heavy atom. The van der Waals surface area contributed by atoms with E-state index in [1.165, 1.54) is 0 Å². The van der Waals surface area contributed by atoms with Crippen molar-refractivity contribution >= 4 is 5.91 Å². The normalized spacial score (nSPS) is 10.2. The van der Waals surface area contributed by atoms with Gasteiger partial charge in [-0.05, 0) is 25.1 Å². The molecule has 88 valence electrons. The summed E-state index contributed by atoms with van der Waals surface area (Å²) in [5.74, 6) is -0.140. The monoisotopic (exact) mass is 230 g/mol. The number of carbonyl (C=O) groups excluding carboxylic acids is 1. The van der Waals surface area contributed by atoms with Gasteiger partial charge in [-0.2, -0.15) is 5.10 Å². The average molecular weight is 230 g/mol. The maximum absolute atomic E-state index is 11.9. The van der Waals surface area contributed by atoms with Gasteiger partial charge < -0.3 is 5.32 Å². The highest BCUT2D eigenvalue weighted by atomic mass is 16.2. The number of amides is 1. The maximum atomic E-state index is 11.9. The first-order valence-electron chi connectivity index (χ1n) is 5.35. The van der Waals surface area contributed by atoms with E-state index in [4.69, 9.17) is 0 Å². The Balaban J connectivity index is 2.01. The van der Waals surface area contributed by atoms with Crippen molar-refractivity contribution in [2.75, 3.05) is 0 Å². The van der Waals surface area contributed by atoms with Gasteiger partial charge in [0.25, 0.3) is 5.91 Å². The van der Waals surface area contributed by atoms with E-state index < -0.39 is 0 Å². The summed E-state index contributed by atoms with van der Waals surface area (Å²) in [6, 6.07) is 7.36. The van der Waals surface area contributed by atoms with E-state index in [0.717, 1.165) is 11.4 Å². The van der Waals surface area contributed by atoms with Crippen LogP contribution >= 0.6 is 0 Å². The molecule has 0 radical (unpaired) electrons. The Hall–Kier alpha value is -2.17. The van der Waals surface area contributed by atoms with Crippen molar-refractivity contribution in [3.8, 4) is 0 Å². The van der Waals surface area contributed by atoms with Crippen molar-refractivity contribution in [3.63, 3.8) is 0 Å². The van der Waals surface area contributed by atoms with Gasteiger partial charge in [0, 0.05) is 13.2 Å². The van der Waals surface area contributed by atoms with Gasteiger partial charge in [0.2, 0.25) is 0 Å². The minimum absolute atomic E-state index is 0.140. The quantitative estimate of drug-likeness (QED) is 0.857. The predicted molar refractivity (Wildman–Crippen MR) is 63.4 cm³/mol. The molecule has 0 atom stereocenters. The van der Waals surface area contributed by atoms with Crippen LogP contribution in [0.1, 0.15) is 21.9 Å². The van der Waals surface area contributed by atoms with E-state index in [9.17, 15) is 4.79 Å². The number of nitrogens with zero attached hydrogens (tertiary/aromatic N) is 3. The number of aromatic nitrogens is 3. The van der Waals surface area contributed by atoms with E-state index in [2.05, 4.69) is 15.4 Å². The number of carbonyl (C=O) groups is 1. The van der Waals surface area contributed by atoms with Crippen LogP contribution in [-0.4, -0.2) is 20.7 Å². The molecule has 0 aliphatic carbocycles. The Bertz CT molecular complexity index is 519. The van der Waals surface area contributed by atoms with Gasteiger partial charge in [0.15, 0.2) is 0 Å². The summed E-state index contributed by atoms with van der Waals surface area (Å²) in [6.07, 6.45) is 1.70. The number of pyridine rings is 1. The number of nitrogens with one attached hydrogen (secondary N) is 1. The Labute approximate surface area is 99.5 Å². The molecule has 1 N–H and O–H groups in total. The van der Waals surface area contributed by atoms with Crippen LogP contribution in [0.2, 0.25) is 0 Å². The minimum Gasteiger partial charge on any atom is -0.345 e. The zero-order valence-corrected chi connectivity index (χ0v) is 9.84. The van der Waals surface area contributed by atoms with Crippen molar-refractivity contribution in [3.05, 3.63) is 47.5 Å². The molecule has 2 aromatic rings. The summed E-state index contributed by atoms with van der Waals surface area (Å²) in [7, 11) is 1.75. The Kier molecular flexibility index (Phi) is 3.18. The van der Waals surface area contributed by atoms with Gasteiger partial charge in [-0.1, -0.05) is 6.07 Å². The fraction of sp³-hybridized carbons (Fsp3) is 0.250. The molecule has 0 aliphatic rings. The lowest BCUT2D eigenvalue weighted by molar-refractivity contribution is 0.0941. The van der Waals surface area contributed by atoms with E-state index in [1.54, 1.807) is 24.0 Å². The molecule has 5 heteroatoms. The zero-order chi connectivity index (χ0) is 12.3. The van der Waals surface area contributed by atoms with E-state index >= 15 is 0 Å². The third-order valence-corrected chi connectivity index (χ3v) is 2.39. The molecule has 0 saturated carbocycles. The first-order chi connectivity index (χ1) is 8.16. The molecule has 0 fully saturated rings. The summed E-state index contributed by atoms with van der Waals surface area (Å²) in [6.45, 7) is 2.28. The van der Waals surface area contributed by atoms with Crippen LogP contribution in [0.25, 0.3) is 0 Å². The standard InChI is InChI=1S/C12H14N4O/c1-9-7-11(16(2)15-9)12(17)14-8-10-5-3-4-6-13-10/h3-7H,8H2,1-2H3,(H,14,17). The fourth-order valence-corrected chi connectivity index (χ4v) is 1.59. The second-order valence-electron chi connectivity index (χ2n) is 3.80. The lowest BCUT2D eigenvalue weighted by atomic mass is 10.3. The zero-order valence-electron chi connectivity index (χ0n) is 9.84. The molecule has 0 aromatic carbocycles. The summed E-state index contributed by atoms with van der Waals surface area (Å²) in [5.41, 5.74) is 2.22. The molecular formula is C12H14N4O. The van der Waals surface area contributed by atoms with E-state index in [1.807, 2.05) is 25.1 Å². The molecule has 17 heavy (non-hydrogen) atoms. The highest BCUT2D eigenvalue weighted by Gasteiger charge is 2.11. The van der Waals surface area contributed by atoms with Gasteiger partial charge >= 0.3 is 0 Å². The van der Waals surface area contributed by atoms with Crippen molar-refractivity contribution in [1.29, 1.82) is 0 Å².